The zero-order chi connectivity index (χ0) is 9.14. The SMILES string of the molecule is FCc1cc(I)c(C(F)F)cn1. The van der Waals surface area contributed by atoms with Crippen LogP contribution in [0.5, 0.6) is 0 Å². The van der Waals surface area contributed by atoms with Gasteiger partial charge in [0.25, 0.3) is 6.43 Å². The van der Waals surface area contributed by atoms with Gasteiger partial charge in [-0.05, 0) is 28.7 Å². The second kappa shape index (κ2) is 4.06. The number of hydrogen-bond donors (Lipinski definition) is 0. The lowest BCUT2D eigenvalue weighted by Gasteiger charge is -2.02. The number of rotatable bonds is 2. The van der Waals surface area contributed by atoms with Crippen LogP contribution in [0.15, 0.2) is 12.3 Å². The Morgan fingerprint density at radius 1 is 1.50 bits per heavy atom. The topological polar surface area (TPSA) is 12.9 Å². The molecule has 0 saturated carbocycles. The lowest BCUT2D eigenvalue weighted by molar-refractivity contribution is 0.150. The molecule has 0 saturated heterocycles. The highest BCUT2D eigenvalue weighted by atomic mass is 127. The predicted octanol–water partition coefficient (Wildman–Crippen LogP) is 3.09. The summed E-state index contributed by atoms with van der Waals surface area (Å²) in [5.41, 5.74) is 0.0385. The van der Waals surface area contributed by atoms with Gasteiger partial charge in [-0.2, -0.15) is 0 Å². The van der Waals surface area contributed by atoms with Gasteiger partial charge in [0.2, 0.25) is 0 Å². The number of halogens is 4. The number of aromatic nitrogens is 1. The van der Waals surface area contributed by atoms with Crippen molar-refractivity contribution in [2.75, 3.05) is 0 Å². The van der Waals surface area contributed by atoms with Crippen molar-refractivity contribution >= 4 is 22.6 Å². The number of alkyl halides is 3. The molecule has 0 aliphatic heterocycles. The third-order valence-corrected chi connectivity index (χ3v) is 2.24. The maximum Gasteiger partial charge on any atom is 0.266 e. The highest BCUT2D eigenvalue weighted by Crippen LogP contribution is 2.23. The summed E-state index contributed by atoms with van der Waals surface area (Å²) >= 11 is 1.74. The summed E-state index contributed by atoms with van der Waals surface area (Å²) in [5.74, 6) is 0. The molecule has 5 heteroatoms. The molecule has 1 nitrogen and oxygen atoms in total. The van der Waals surface area contributed by atoms with E-state index in [0.717, 1.165) is 6.20 Å². The second-order valence-corrected chi connectivity index (χ2v) is 3.29. The van der Waals surface area contributed by atoms with Crippen LogP contribution in [0.4, 0.5) is 13.2 Å². The highest BCUT2D eigenvalue weighted by molar-refractivity contribution is 14.1. The first-order chi connectivity index (χ1) is 5.65. The van der Waals surface area contributed by atoms with Crippen LogP contribution in [0.25, 0.3) is 0 Å². The molecule has 0 amide bonds. The minimum atomic E-state index is -2.54. The van der Waals surface area contributed by atoms with E-state index in [-0.39, 0.29) is 11.3 Å². The Morgan fingerprint density at radius 3 is 2.58 bits per heavy atom. The van der Waals surface area contributed by atoms with Crippen LogP contribution >= 0.6 is 22.6 Å². The van der Waals surface area contributed by atoms with E-state index >= 15 is 0 Å². The van der Waals surface area contributed by atoms with E-state index in [1.165, 1.54) is 6.07 Å². The first kappa shape index (κ1) is 9.76. The maximum atomic E-state index is 12.1. The van der Waals surface area contributed by atoms with E-state index in [1.54, 1.807) is 22.6 Å². The molecule has 0 aliphatic carbocycles. The molecule has 0 N–H and O–H groups in total. The Labute approximate surface area is 81.1 Å². The standard InChI is InChI=1S/C7H5F3IN/c8-2-4-1-6(11)5(3-12-4)7(9)10/h1,3,7H,2H2. The summed E-state index contributed by atoms with van der Waals surface area (Å²) in [6, 6.07) is 1.32. The van der Waals surface area contributed by atoms with Crippen LogP contribution < -0.4 is 0 Å². The minimum absolute atomic E-state index is 0.146. The highest BCUT2D eigenvalue weighted by Gasteiger charge is 2.12. The molecule has 1 aromatic rings. The van der Waals surface area contributed by atoms with Gasteiger partial charge in [-0.1, -0.05) is 0 Å². The number of nitrogens with zero attached hydrogens (tertiary/aromatic N) is 1. The third kappa shape index (κ3) is 2.09. The summed E-state index contributed by atoms with van der Waals surface area (Å²) in [6.07, 6.45) is -1.53. The van der Waals surface area contributed by atoms with Gasteiger partial charge in [-0.25, -0.2) is 13.2 Å². The van der Waals surface area contributed by atoms with Crippen molar-refractivity contribution in [1.29, 1.82) is 0 Å². The summed E-state index contributed by atoms with van der Waals surface area (Å²) in [4.78, 5) is 3.52. The monoisotopic (exact) mass is 287 g/mol. The zero-order valence-corrected chi connectivity index (χ0v) is 8.06. The van der Waals surface area contributed by atoms with Gasteiger partial charge in [0.1, 0.15) is 6.67 Å². The average molecular weight is 287 g/mol. The van der Waals surface area contributed by atoms with Gasteiger partial charge in [0.15, 0.2) is 0 Å². The first-order valence-electron chi connectivity index (χ1n) is 3.13. The molecule has 0 aromatic carbocycles. The van der Waals surface area contributed by atoms with Crippen LogP contribution in [0.3, 0.4) is 0 Å². The lowest BCUT2D eigenvalue weighted by Crippen LogP contribution is -1.94. The van der Waals surface area contributed by atoms with Crippen LogP contribution in [0.2, 0.25) is 0 Å². The normalized spacial score (nSPS) is 10.8. The largest absolute Gasteiger partial charge is 0.266 e. The number of hydrogen-bond acceptors (Lipinski definition) is 1. The van der Waals surface area contributed by atoms with Crippen molar-refractivity contribution < 1.29 is 13.2 Å². The van der Waals surface area contributed by atoms with Gasteiger partial charge < -0.3 is 0 Å². The molecular weight excluding hydrogens is 282 g/mol. The van der Waals surface area contributed by atoms with Crippen molar-refractivity contribution in [2.45, 2.75) is 13.1 Å². The number of pyridine rings is 1. The Morgan fingerprint density at radius 2 is 2.17 bits per heavy atom. The quantitative estimate of drug-likeness (QED) is 0.762. The van der Waals surface area contributed by atoms with Crippen molar-refractivity contribution in [2.24, 2.45) is 0 Å². The van der Waals surface area contributed by atoms with Crippen LogP contribution in [0.1, 0.15) is 17.7 Å². The molecule has 0 unspecified atom stereocenters. The summed E-state index contributed by atoms with van der Waals surface area (Å²) < 4.78 is 36.6. The fourth-order valence-corrected chi connectivity index (χ4v) is 1.45. The lowest BCUT2D eigenvalue weighted by atomic mass is 10.2. The molecule has 0 bridgehead atoms. The third-order valence-electron chi connectivity index (χ3n) is 1.31. The van der Waals surface area contributed by atoms with E-state index in [0.29, 0.717) is 3.57 Å². The van der Waals surface area contributed by atoms with Gasteiger partial charge in [0.05, 0.1) is 5.69 Å². The Hall–Kier alpha value is -0.330. The Bertz CT molecular complexity index is 277. The maximum absolute atomic E-state index is 12.1. The molecule has 0 radical (unpaired) electrons. The molecule has 0 fully saturated rings. The molecule has 1 rings (SSSR count). The Kier molecular flexibility index (Phi) is 3.30. The first-order valence-corrected chi connectivity index (χ1v) is 4.21. The van der Waals surface area contributed by atoms with Crippen molar-refractivity contribution in [3.63, 3.8) is 0 Å². The molecule has 0 spiro atoms. The van der Waals surface area contributed by atoms with Crippen LogP contribution in [-0.4, -0.2) is 4.98 Å². The van der Waals surface area contributed by atoms with E-state index in [1.807, 2.05) is 0 Å². The van der Waals surface area contributed by atoms with Crippen molar-refractivity contribution in [1.82, 2.24) is 4.98 Å². The van der Waals surface area contributed by atoms with Gasteiger partial charge >= 0.3 is 0 Å². The second-order valence-electron chi connectivity index (χ2n) is 2.13. The minimum Gasteiger partial charge on any atom is -0.258 e. The van der Waals surface area contributed by atoms with E-state index in [4.69, 9.17) is 0 Å². The molecule has 1 heterocycles. The molecule has 0 aliphatic rings. The fourth-order valence-electron chi connectivity index (χ4n) is 0.715. The van der Waals surface area contributed by atoms with Gasteiger partial charge in [-0.3, -0.25) is 4.98 Å². The molecule has 12 heavy (non-hydrogen) atoms. The van der Waals surface area contributed by atoms with E-state index in [2.05, 4.69) is 4.98 Å². The zero-order valence-electron chi connectivity index (χ0n) is 5.90. The fraction of sp³-hybridized carbons (Fsp3) is 0.286. The molecule has 1 aromatic heterocycles. The average Bonchev–Trinajstić information content (AvgIpc) is 2.03. The predicted molar refractivity (Wildman–Crippen MR) is 46.7 cm³/mol. The van der Waals surface area contributed by atoms with E-state index < -0.39 is 13.1 Å². The van der Waals surface area contributed by atoms with Gasteiger partial charge in [-0.15, -0.1) is 0 Å². The van der Waals surface area contributed by atoms with Crippen LogP contribution in [0, 0.1) is 3.57 Å². The summed E-state index contributed by atoms with van der Waals surface area (Å²) in [7, 11) is 0. The molecule has 0 atom stereocenters. The molecular formula is C7H5F3IN. The van der Waals surface area contributed by atoms with Crippen molar-refractivity contribution in [3.05, 3.63) is 27.1 Å². The Balaban J connectivity index is 3.03. The van der Waals surface area contributed by atoms with Crippen molar-refractivity contribution in [3.8, 4) is 0 Å². The van der Waals surface area contributed by atoms with Gasteiger partial charge in [0, 0.05) is 15.3 Å². The van der Waals surface area contributed by atoms with Crippen LogP contribution in [-0.2, 0) is 6.67 Å². The summed E-state index contributed by atoms with van der Waals surface area (Å²) in [6.45, 7) is -0.723. The molecule has 66 valence electrons. The summed E-state index contributed by atoms with van der Waals surface area (Å²) in [5, 5.41) is 0. The smallest absolute Gasteiger partial charge is 0.258 e. The van der Waals surface area contributed by atoms with E-state index in [9.17, 15) is 13.2 Å².